The second-order valence-corrected chi connectivity index (χ2v) is 3.08. The van der Waals surface area contributed by atoms with Crippen LogP contribution in [-0.2, 0) is 11.3 Å². The molecule has 1 heterocycles. The smallest absolute Gasteiger partial charge is 0.320 e. The zero-order chi connectivity index (χ0) is 10.6. The third-order valence-corrected chi connectivity index (χ3v) is 1.82. The molecule has 0 aliphatic carbocycles. The Labute approximate surface area is 82.2 Å². The Bertz CT molecular complexity index is 310. The van der Waals surface area contributed by atoms with Crippen LogP contribution >= 0.6 is 0 Å². The molecule has 14 heavy (non-hydrogen) atoms. The molecule has 0 spiro atoms. The van der Waals surface area contributed by atoms with E-state index < -0.39 is 12.0 Å². The van der Waals surface area contributed by atoms with Gasteiger partial charge in [0.2, 0.25) is 0 Å². The largest absolute Gasteiger partial charge is 0.480 e. The van der Waals surface area contributed by atoms with E-state index in [1.165, 1.54) is 0 Å². The fraction of sp³-hybridized carbons (Fsp3) is 0.444. The maximum atomic E-state index is 10.5. The fourth-order valence-corrected chi connectivity index (χ4v) is 0.869. The van der Waals surface area contributed by atoms with Crippen LogP contribution in [0.2, 0.25) is 0 Å². The van der Waals surface area contributed by atoms with Gasteiger partial charge in [0.1, 0.15) is 11.9 Å². The molecule has 1 aromatic rings. The van der Waals surface area contributed by atoms with Crippen LogP contribution in [0.15, 0.2) is 12.4 Å². The Morgan fingerprint density at radius 3 is 2.64 bits per heavy atom. The molecular formula is C9H13N3O2. The SMILES string of the molecule is Cc1ncc(CN[C@H](C)C(=O)O)cn1. The summed E-state index contributed by atoms with van der Waals surface area (Å²) in [5, 5.41) is 11.4. The molecule has 0 amide bonds. The molecule has 76 valence electrons. The molecule has 5 heteroatoms. The molecule has 0 saturated heterocycles. The average molecular weight is 195 g/mol. The lowest BCUT2D eigenvalue weighted by molar-refractivity contribution is -0.139. The van der Waals surface area contributed by atoms with E-state index >= 15 is 0 Å². The van der Waals surface area contributed by atoms with E-state index in [0.717, 1.165) is 5.56 Å². The molecule has 0 unspecified atom stereocenters. The molecule has 1 rings (SSSR count). The van der Waals surface area contributed by atoms with Gasteiger partial charge in [-0.3, -0.25) is 4.79 Å². The number of hydrogen-bond acceptors (Lipinski definition) is 4. The van der Waals surface area contributed by atoms with Gasteiger partial charge in [-0.05, 0) is 13.8 Å². The van der Waals surface area contributed by atoms with E-state index in [-0.39, 0.29) is 0 Å². The van der Waals surface area contributed by atoms with Gasteiger partial charge in [-0.2, -0.15) is 0 Å². The van der Waals surface area contributed by atoms with Gasteiger partial charge in [-0.1, -0.05) is 0 Å². The molecule has 0 aliphatic heterocycles. The maximum Gasteiger partial charge on any atom is 0.320 e. The van der Waals surface area contributed by atoms with E-state index in [1.807, 2.05) is 0 Å². The summed E-state index contributed by atoms with van der Waals surface area (Å²) in [6.45, 7) is 3.86. The first-order valence-electron chi connectivity index (χ1n) is 4.33. The van der Waals surface area contributed by atoms with Gasteiger partial charge in [0, 0.05) is 24.5 Å². The topological polar surface area (TPSA) is 75.1 Å². The van der Waals surface area contributed by atoms with Crippen molar-refractivity contribution in [2.24, 2.45) is 0 Å². The first-order valence-corrected chi connectivity index (χ1v) is 4.33. The number of aliphatic carboxylic acids is 1. The number of carboxylic acid groups (broad SMARTS) is 1. The van der Waals surface area contributed by atoms with Crippen LogP contribution < -0.4 is 5.32 Å². The summed E-state index contributed by atoms with van der Waals surface area (Å²) in [6.07, 6.45) is 3.37. The molecule has 1 aromatic heterocycles. The second-order valence-electron chi connectivity index (χ2n) is 3.08. The van der Waals surface area contributed by atoms with Crippen LogP contribution in [0, 0.1) is 6.92 Å². The summed E-state index contributed by atoms with van der Waals surface area (Å²) >= 11 is 0. The highest BCUT2D eigenvalue weighted by molar-refractivity contribution is 5.72. The lowest BCUT2D eigenvalue weighted by atomic mass is 10.3. The van der Waals surface area contributed by atoms with Gasteiger partial charge in [0.15, 0.2) is 0 Å². The van der Waals surface area contributed by atoms with Crippen LogP contribution in [-0.4, -0.2) is 27.1 Å². The first-order chi connectivity index (χ1) is 6.59. The molecule has 0 fully saturated rings. The van der Waals surface area contributed by atoms with Crippen LogP contribution in [0.25, 0.3) is 0 Å². The minimum Gasteiger partial charge on any atom is -0.480 e. The van der Waals surface area contributed by atoms with Crippen molar-refractivity contribution in [2.45, 2.75) is 26.4 Å². The van der Waals surface area contributed by atoms with E-state index in [9.17, 15) is 4.79 Å². The third-order valence-electron chi connectivity index (χ3n) is 1.82. The average Bonchev–Trinajstić information content (AvgIpc) is 2.16. The summed E-state index contributed by atoms with van der Waals surface area (Å²) in [5.74, 6) is -0.155. The Kier molecular flexibility index (Phi) is 3.53. The molecule has 5 nitrogen and oxygen atoms in total. The predicted octanol–water partition coefficient (Wildman–Crippen LogP) is 0.348. The Balaban J connectivity index is 2.46. The standard InChI is InChI=1S/C9H13N3O2/c1-6(9(13)14)10-3-8-4-11-7(2)12-5-8/h4-6,10H,3H2,1-2H3,(H,13,14)/t6-/m1/s1. The second kappa shape index (κ2) is 4.66. The van der Waals surface area contributed by atoms with Crippen LogP contribution in [0.1, 0.15) is 18.3 Å². The molecule has 1 atom stereocenters. The number of hydrogen-bond donors (Lipinski definition) is 2. The Morgan fingerprint density at radius 2 is 2.14 bits per heavy atom. The highest BCUT2D eigenvalue weighted by atomic mass is 16.4. The maximum absolute atomic E-state index is 10.5. The zero-order valence-electron chi connectivity index (χ0n) is 8.19. The van der Waals surface area contributed by atoms with Gasteiger partial charge in [-0.15, -0.1) is 0 Å². The summed E-state index contributed by atoms with van der Waals surface area (Å²) < 4.78 is 0. The minimum atomic E-state index is -0.863. The number of rotatable bonds is 4. The van der Waals surface area contributed by atoms with E-state index in [0.29, 0.717) is 12.4 Å². The normalized spacial score (nSPS) is 12.4. The van der Waals surface area contributed by atoms with Crippen molar-refractivity contribution in [1.29, 1.82) is 0 Å². The molecule has 0 radical (unpaired) electrons. The molecule has 2 N–H and O–H groups in total. The number of carboxylic acids is 1. The monoisotopic (exact) mass is 195 g/mol. The quantitative estimate of drug-likeness (QED) is 0.725. The van der Waals surface area contributed by atoms with Gasteiger partial charge in [0.25, 0.3) is 0 Å². The van der Waals surface area contributed by atoms with Crippen molar-refractivity contribution < 1.29 is 9.90 Å². The highest BCUT2D eigenvalue weighted by Gasteiger charge is 2.08. The number of aryl methyl sites for hydroxylation is 1. The van der Waals surface area contributed by atoms with E-state index in [1.54, 1.807) is 26.2 Å². The predicted molar refractivity (Wildman–Crippen MR) is 50.7 cm³/mol. The molecule has 0 aromatic carbocycles. The Morgan fingerprint density at radius 1 is 1.57 bits per heavy atom. The lowest BCUT2D eigenvalue weighted by Crippen LogP contribution is -2.33. The first kappa shape index (κ1) is 10.6. The van der Waals surface area contributed by atoms with Gasteiger partial charge >= 0.3 is 5.97 Å². The fourth-order valence-electron chi connectivity index (χ4n) is 0.869. The third kappa shape index (κ3) is 3.10. The van der Waals surface area contributed by atoms with Crippen molar-refractivity contribution in [3.63, 3.8) is 0 Å². The summed E-state index contributed by atoms with van der Waals surface area (Å²) in [6, 6.07) is -0.559. The summed E-state index contributed by atoms with van der Waals surface area (Å²) in [4.78, 5) is 18.5. The summed E-state index contributed by atoms with van der Waals surface area (Å²) in [5.41, 5.74) is 0.878. The number of aromatic nitrogens is 2. The van der Waals surface area contributed by atoms with Crippen molar-refractivity contribution in [2.75, 3.05) is 0 Å². The Hall–Kier alpha value is -1.49. The minimum absolute atomic E-state index is 0.466. The number of carbonyl (C=O) groups is 1. The zero-order valence-corrected chi connectivity index (χ0v) is 8.19. The van der Waals surface area contributed by atoms with Gasteiger partial charge < -0.3 is 10.4 Å². The van der Waals surface area contributed by atoms with Crippen molar-refractivity contribution >= 4 is 5.97 Å². The molecular weight excluding hydrogens is 182 g/mol. The number of nitrogens with zero attached hydrogens (tertiary/aromatic N) is 2. The van der Waals surface area contributed by atoms with Gasteiger partial charge in [0.05, 0.1) is 0 Å². The van der Waals surface area contributed by atoms with E-state index in [4.69, 9.17) is 5.11 Å². The molecule has 0 aliphatic rings. The highest BCUT2D eigenvalue weighted by Crippen LogP contribution is 1.95. The van der Waals surface area contributed by atoms with Crippen LogP contribution in [0.4, 0.5) is 0 Å². The van der Waals surface area contributed by atoms with Crippen molar-refractivity contribution in [3.05, 3.63) is 23.8 Å². The van der Waals surface area contributed by atoms with Crippen molar-refractivity contribution in [1.82, 2.24) is 15.3 Å². The van der Waals surface area contributed by atoms with Crippen LogP contribution in [0.3, 0.4) is 0 Å². The summed E-state index contributed by atoms with van der Waals surface area (Å²) in [7, 11) is 0. The van der Waals surface area contributed by atoms with Gasteiger partial charge in [-0.25, -0.2) is 9.97 Å². The molecule has 0 saturated carbocycles. The molecule has 0 bridgehead atoms. The van der Waals surface area contributed by atoms with Crippen LogP contribution in [0.5, 0.6) is 0 Å². The van der Waals surface area contributed by atoms with E-state index in [2.05, 4.69) is 15.3 Å². The lowest BCUT2D eigenvalue weighted by Gasteiger charge is -2.08. The number of nitrogens with one attached hydrogen (secondary N) is 1. The van der Waals surface area contributed by atoms with Crippen molar-refractivity contribution in [3.8, 4) is 0 Å².